The molecular weight excluding hydrogens is 278 g/mol. The van der Waals surface area contributed by atoms with Crippen LogP contribution >= 0.6 is 0 Å². The molecule has 0 amide bonds. The summed E-state index contributed by atoms with van der Waals surface area (Å²) in [7, 11) is 0. The van der Waals surface area contributed by atoms with Crippen LogP contribution in [-0.4, -0.2) is 28.6 Å². The first kappa shape index (κ1) is 14.9. The zero-order valence-corrected chi connectivity index (χ0v) is 13.2. The van der Waals surface area contributed by atoms with E-state index >= 15 is 0 Å². The highest BCUT2D eigenvalue weighted by atomic mass is 16.5. The lowest BCUT2D eigenvalue weighted by Crippen LogP contribution is -2.27. The van der Waals surface area contributed by atoms with Gasteiger partial charge in [-0.3, -0.25) is 0 Å². The van der Waals surface area contributed by atoms with Crippen molar-refractivity contribution in [2.75, 3.05) is 11.9 Å². The molecule has 0 aliphatic heterocycles. The lowest BCUT2D eigenvalue weighted by atomic mass is 9.87. The van der Waals surface area contributed by atoms with Gasteiger partial charge in [0, 0.05) is 23.8 Å². The number of anilines is 1. The number of carbonyl (C=O) groups is 1. The van der Waals surface area contributed by atoms with E-state index in [1.165, 1.54) is 12.8 Å². The topological polar surface area (TPSA) is 67.0 Å². The van der Waals surface area contributed by atoms with Gasteiger partial charge in [-0.05, 0) is 31.7 Å². The van der Waals surface area contributed by atoms with E-state index in [1.54, 1.807) is 6.20 Å². The number of carbonyl (C=O) groups excluding carboxylic acids is 1. The second-order valence-corrected chi connectivity index (χ2v) is 6.12. The first-order chi connectivity index (χ1) is 10.7. The molecule has 1 aliphatic carbocycles. The molecule has 2 unspecified atom stereocenters. The zero-order chi connectivity index (χ0) is 15.5. The van der Waals surface area contributed by atoms with E-state index in [4.69, 9.17) is 4.74 Å². The third-order valence-corrected chi connectivity index (χ3v) is 4.37. The van der Waals surface area contributed by atoms with Crippen LogP contribution in [0.2, 0.25) is 0 Å². The number of esters is 1. The van der Waals surface area contributed by atoms with Crippen molar-refractivity contribution in [3.63, 3.8) is 0 Å². The molecule has 1 saturated carbocycles. The molecule has 22 heavy (non-hydrogen) atoms. The summed E-state index contributed by atoms with van der Waals surface area (Å²) in [5.74, 6) is 0.408. The summed E-state index contributed by atoms with van der Waals surface area (Å²) >= 11 is 0. The number of aromatic nitrogens is 2. The average molecular weight is 301 g/mol. The van der Waals surface area contributed by atoms with Crippen LogP contribution in [0, 0.1) is 5.92 Å². The average Bonchev–Trinajstić information content (AvgIpc) is 2.96. The van der Waals surface area contributed by atoms with E-state index in [-0.39, 0.29) is 5.97 Å². The number of hydrogen-bond donors (Lipinski definition) is 2. The summed E-state index contributed by atoms with van der Waals surface area (Å²) in [5.41, 5.74) is 2.16. The summed E-state index contributed by atoms with van der Waals surface area (Å²) in [5, 5.41) is 4.54. The number of aromatic amines is 1. The fraction of sp³-hybridized carbons (Fsp3) is 0.529. The van der Waals surface area contributed by atoms with Gasteiger partial charge in [0.1, 0.15) is 11.2 Å². The molecule has 2 N–H and O–H groups in total. The Labute approximate surface area is 130 Å². The van der Waals surface area contributed by atoms with Crippen molar-refractivity contribution in [2.24, 2.45) is 5.92 Å². The Morgan fingerprint density at radius 1 is 1.50 bits per heavy atom. The summed E-state index contributed by atoms with van der Waals surface area (Å²) in [6.07, 6.45) is 8.25. The maximum absolute atomic E-state index is 12.2. The van der Waals surface area contributed by atoms with Gasteiger partial charge in [0.25, 0.3) is 0 Å². The highest BCUT2D eigenvalue weighted by Gasteiger charge is 2.23. The molecule has 0 saturated heterocycles. The van der Waals surface area contributed by atoms with E-state index in [1.807, 2.05) is 19.2 Å². The van der Waals surface area contributed by atoms with Gasteiger partial charge in [0.2, 0.25) is 0 Å². The number of rotatable bonds is 4. The maximum Gasteiger partial charge on any atom is 0.341 e. The first-order valence-corrected chi connectivity index (χ1v) is 8.08. The molecule has 0 aromatic carbocycles. The zero-order valence-electron chi connectivity index (χ0n) is 13.2. The lowest BCUT2D eigenvalue weighted by Gasteiger charge is -2.29. The van der Waals surface area contributed by atoms with E-state index in [0.717, 1.165) is 35.5 Å². The van der Waals surface area contributed by atoms with Crippen LogP contribution in [-0.2, 0) is 4.74 Å². The molecule has 1 fully saturated rings. The minimum absolute atomic E-state index is 0.315. The minimum atomic E-state index is -0.315. The Morgan fingerprint density at radius 3 is 3.14 bits per heavy atom. The molecule has 0 spiro atoms. The molecule has 2 atom stereocenters. The second kappa shape index (κ2) is 6.38. The fourth-order valence-electron chi connectivity index (χ4n) is 3.30. The fourth-order valence-corrected chi connectivity index (χ4v) is 3.30. The lowest BCUT2D eigenvalue weighted by molar-refractivity contribution is 0.0527. The Balaban J connectivity index is 1.95. The first-order valence-electron chi connectivity index (χ1n) is 8.08. The summed E-state index contributed by atoms with van der Waals surface area (Å²) in [4.78, 5) is 19.6. The highest BCUT2D eigenvalue weighted by Crippen LogP contribution is 2.31. The van der Waals surface area contributed by atoms with Crippen LogP contribution in [0.25, 0.3) is 11.0 Å². The SMILES string of the molecule is CCOC(=O)c1cnc2[nH]ccc2c1NC1CCCC(C)C1. The van der Waals surface area contributed by atoms with Crippen LogP contribution < -0.4 is 5.32 Å². The molecule has 5 nitrogen and oxygen atoms in total. The molecule has 3 rings (SSSR count). The number of ether oxygens (including phenoxy) is 1. The molecule has 2 heterocycles. The summed E-state index contributed by atoms with van der Waals surface area (Å²) < 4.78 is 5.18. The Kier molecular flexibility index (Phi) is 4.32. The van der Waals surface area contributed by atoms with Gasteiger partial charge < -0.3 is 15.0 Å². The largest absolute Gasteiger partial charge is 0.462 e. The van der Waals surface area contributed by atoms with Gasteiger partial charge in [0.05, 0.1) is 12.3 Å². The van der Waals surface area contributed by atoms with Gasteiger partial charge in [-0.1, -0.05) is 19.8 Å². The molecular formula is C17H23N3O2. The van der Waals surface area contributed by atoms with Crippen LogP contribution in [0.4, 0.5) is 5.69 Å². The van der Waals surface area contributed by atoms with Crippen LogP contribution in [0.1, 0.15) is 49.9 Å². The van der Waals surface area contributed by atoms with E-state index in [9.17, 15) is 4.79 Å². The van der Waals surface area contributed by atoms with Crippen molar-refractivity contribution in [3.05, 3.63) is 24.0 Å². The van der Waals surface area contributed by atoms with Gasteiger partial charge in [-0.15, -0.1) is 0 Å². The number of H-pyrrole nitrogens is 1. The smallest absolute Gasteiger partial charge is 0.341 e. The van der Waals surface area contributed by atoms with Crippen molar-refractivity contribution in [3.8, 4) is 0 Å². The van der Waals surface area contributed by atoms with Crippen LogP contribution in [0.3, 0.4) is 0 Å². The Hall–Kier alpha value is -2.04. The van der Waals surface area contributed by atoms with Crippen molar-refractivity contribution in [2.45, 2.75) is 45.6 Å². The third kappa shape index (κ3) is 2.93. The third-order valence-electron chi connectivity index (χ3n) is 4.37. The molecule has 0 radical (unpaired) electrons. The number of nitrogens with zero attached hydrogens (tertiary/aromatic N) is 1. The normalized spacial score (nSPS) is 21.7. The summed E-state index contributed by atoms with van der Waals surface area (Å²) in [6.45, 7) is 4.47. The van der Waals surface area contributed by atoms with Crippen molar-refractivity contribution in [1.82, 2.24) is 9.97 Å². The standard InChI is InChI=1S/C17H23N3O2/c1-3-22-17(21)14-10-19-16-13(7-8-18-16)15(14)20-12-6-4-5-11(2)9-12/h7-8,10-12H,3-6,9H2,1-2H3,(H2,18,19,20). The van der Waals surface area contributed by atoms with Crippen molar-refractivity contribution < 1.29 is 9.53 Å². The molecule has 118 valence electrons. The van der Waals surface area contributed by atoms with Gasteiger partial charge >= 0.3 is 5.97 Å². The van der Waals surface area contributed by atoms with Crippen LogP contribution in [0.15, 0.2) is 18.5 Å². The van der Waals surface area contributed by atoms with E-state index < -0.39 is 0 Å². The number of pyridine rings is 1. The van der Waals surface area contributed by atoms with E-state index in [2.05, 4.69) is 22.2 Å². The van der Waals surface area contributed by atoms with Gasteiger partial charge in [-0.2, -0.15) is 0 Å². The number of nitrogens with one attached hydrogen (secondary N) is 2. The van der Waals surface area contributed by atoms with Gasteiger partial charge in [0.15, 0.2) is 0 Å². The molecule has 1 aliphatic rings. The molecule has 2 aromatic rings. The predicted octanol–water partition coefficient (Wildman–Crippen LogP) is 3.73. The maximum atomic E-state index is 12.2. The summed E-state index contributed by atoms with van der Waals surface area (Å²) in [6, 6.07) is 2.36. The Morgan fingerprint density at radius 2 is 2.36 bits per heavy atom. The van der Waals surface area contributed by atoms with Crippen LogP contribution in [0.5, 0.6) is 0 Å². The highest BCUT2D eigenvalue weighted by molar-refractivity contribution is 6.04. The second-order valence-electron chi connectivity index (χ2n) is 6.12. The number of fused-ring (bicyclic) bond motifs is 1. The quantitative estimate of drug-likeness (QED) is 0.844. The Bertz CT molecular complexity index is 665. The number of hydrogen-bond acceptors (Lipinski definition) is 4. The predicted molar refractivity (Wildman–Crippen MR) is 87.1 cm³/mol. The monoisotopic (exact) mass is 301 g/mol. The minimum Gasteiger partial charge on any atom is -0.462 e. The van der Waals surface area contributed by atoms with E-state index in [0.29, 0.717) is 18.2 Å². The molecule has 5 heteroatoms. The molecule has 0 bridgehead atoms. The van der Waals surface area contributed by atoms with Crippen molar-refractivity contribution >= 4 is 22.7 Å². The van der Waals surface area contributed by atoms with Gasteiger partial charge in [-0.25, -0.2) is 9.78 Å². The van der Waals surface area contributed by atoms with Crippen molar-refractivity contribution in [1.29, 1.82) is 0 Å². The molecule has 2 aromatic heterocycles.